The fraction of sp³-hybridized carbons (Fsp3) is 0.435. The molecule has 1 amide bonds. The Kier molecular flexibility index (Phi) is 6.96. The number of nitrogens with one attached hydrogen (secondary N) is 1. The van der Waals surface area contributed by atoms with Gasteiger partial charge in [-0.15, -0.1) is 0 Å². The fourth-order valence-corrected chi connectivity index (χ4v) is 4.74. The van der Waals surface area contributed by atoms with Crippen molar-refractivity contribution in [2.75, 3.05) is 32.8 Å². The number of benzene rings is 1. The quantitative estimate of drug-likeness (QED) is 0.710. The van der Waals surface area contributed by atoms with Gasteiger partial charge in [0.25, 0.3) is 0 Å². The zero-order valence-corrected chi connectivity index (χ0v) is 18.6. The lowest BCUT2D eigenvalue weighted by Crippen LogP contribution is -2.35. The first-order valence-electron chi connectivity index (χ1n) is 10.5. The molecule has 2 aliphatic heterocycles. The maximum atomic E-state index is 13.0. The van der Waals surface area contributed by atoms with Crippen molar-refractivity contribution in [3.63, 3.8) is 0 Å². The molecule has 2 aliphatic rings. The van der Waals surface area contributed by atoms with E-state index in [1.54, 1.807) is 12.1 Å². The highest BCUT2D eigenvalue weighted by Gasteiger charge is 2.38. The third kappa shape index (κ3) is 5.12. The number of rotatable bonds is 6. The lowest BCUT2D eigenvalue weighted by Gasteiger charge is -2.20. The molecule has 1 N–H and O–H groups in total. The summed E-state index contributed by atoms with van der Waals surface area (Å²) >= 11 is 12.4. The van der Waals surface area contributed by atoms with E-state index in [4.69, 9.17) is 33.2 Å². The van der Waals surface area contributed by atoms with Crippen LogP contribution in [0.1, 0.15) is 29.9 Å². The van der Waals surface area contributed by atoms with Crippen LogP contribution in [0.5, 0.6) is 5.88 Å². The average Bonchev–Trinajstić information content (AvgIpc) is 3.46. The predicted octanol–water partition coefficient (Wildman–Crippen LogP) is 3.88. The minimum absolute atomic E-state index is 0.0623. The lowest BCUT2D eigenvalue weighted by atomic mass is 9.87. The zero-order chi connectivity index (χ0) is 21.8. The largest absolute Gasteiger partial charge is 0.478 e. The minimum atomic E-state index is 0.0623. The van der Waals surface area contributed by atoms with Crippen LogP contribution in [-0.4, -0.2) is 48.6 Å². The summed E-state index contributed by atoms with van der Waals surface area (Å²) in [6.45, 7) is 3.51. The number of likely N-dealkylation sites (tertiary alicyclic amines) is 1. The second-order valence-electron chi connectivity index (χ2n) is 8.11. The number of pyridine rings is 1. The highest BCUT2D eigenvalue weighted by molar-refractivity contribution is 6.42. The van der Waals surface area contributed by atoms with Crippen LogP contribution in [0.2, 0.25) is 10.0 Å². The van der Waals surface area contributed by atoms with Crippen LogP contribution in [0.15, 0.2) is 36.5 Å². The molecule has 0 saturated carbocycles. The minimum Gasteiger partial charge on any atom is -0.478 e. The van der Waals surface area contributed by atoms with Crippen molar-refractivity contribution in [3.05, 3.63) is 57.7 Å². The zero-order valence-electron chi connectivity index (χ0n) is 17.1. The SMILES string of the molecule is N#Cc1ccc(OCCC2CN(C(=O)C3CCNC3)CC2c2ccc(Cl)c(Cl)c2)nc1. The standard InChI is InChI=1S/C23H24Cl2N4O2/c24-20-3-2-16(9-21(20)25)19-14-29(23(30)17-5-7-27-12-17)13-18(19)6-8-31-22-4-1-15(10-26)11-28-22/h1-4,9,11,17-19,27H,5-8,12-14H2. The number of nitrogens with zero attached hydrogens (tertiary/aromatic N) is 3. The van der Waals surface area contributed by atoms with E-state index in [-0.39, 0.29) is 23.7 Å². The van der Waals surface area contributed by atoms with Gasteiger partial charge in [-0.05, 0) is 49.1 Å². The maximum absolute atomic E-state index is 13.0. The van der Waals surface area contributed by atoms with E-state index in [1.165, 1.54) is 6.20 Å². The Morgan fingerprint density at radius 1 is 1.26 bits per heavy atom. The summed E-state index contributed by atoms with van der Waals surface area (Å²) in [5.41, 5.74) is 1.59. The molecule has 0 spiro atoms. The normalized spacial score (nSPS) is 23.0. The van der Waals surface area contributed by atoms with Crippen molar-refractivity contribution >= 4 is 29.1 Å². The number of amides is 1. The van der Waals surface area contributed by atoms with E-state index in [1.807, 2.05) is 29.2 Å². The van der Waals surface area contributed by atoms with Crippen molar-refractivity contribution in [1.82, 2.24) is 15.2 Å². The van der Waals surface area contributed by atoms with Gasteiger partial charge in [0, 0.05) is 37.8 Å². The van der Waals surface area contributed by atoms with Gasteiger partial charge in [0.1, 0.15) is 6.07 Å². The maximum Gasteiger partial charge on any atom is 0.227 e. The van der Waals surface area contributed by atoms with Gasteiger partial charge in [-0.25, -0.2) is 4.98 Å². The smallest absolute Gasteiger partial charge is 0.227 e. The molecule has 2 aromatic rings. The highest BCUT2D eigenvalue weighted by atomic mass is 35.5. The molecular formula is C23H24Cl2N4O2. The van der Waals surface area contributed by atoms with Crippen LogP contribution in [0.4, 0.5) is 0 Å². The topological polar surface area (TPSA) is 78.2 Å². The Morgan fingerprint density at radius 3 is 2.81 bits per heavy atom. The summed E-state index contributed by atoms with van der Waals surface area (Å²) in [6, 6.07) is 11.2. The van der Waals surface area contributed by atoms with E-state index in [0.29, 0.717) is 41.2 Å². The molecular weight excluding hydrogens is 435 g/mol. The fourth-order valence-electron chi connectivity index (χ4n) is 4.43. The summed E-state index contributed by atoms with van der Waals surface area (Å²) in [4.78, 5) is 19.2. The summed E-state index contributed by atoms with van der Waals surface area (Å²) in [5, 5.41) is 13.2. The molecule has 6 nitrogen and oxygen atoms in total. The molecule has 3 unspecified atom stereocenters. The molecule has 0 bridgehead atoms. The number of halogens is 2. The number of aromatic nitrogens is 1. The number of carbonyl (C=O) groups is 1. The summed E-state index contributed by atoms with van der Waals surface area (Å²) in [7, 11) is 0. The Balaban J connectivity index is 1.45. The monoisotopic (exact) mass is 458 g/mol. The van der Waals surface area contributed by atoms with Crippen LogP contribution in [-0.2, 0) is 4.79 Å². The molecule has 1 aromatic carbocycles. The van der Waals surface area contributed by atoms with Gasteiger partial charge >= 0.3 is 0 Å². The summed E-state index contributed by atoms with van der Waals surface area (Å²) in [5.74, 6) is 1.20. The number of hydrogen-bond donors (Lipinski definition) is 1. The molecule has 1 aromatic heterocycles. The van der Waals surface area contributed by atoms with Gasteiger partial charge in [-0.2, -0.15) is 5.26 Å². The van der Waals surface area contributed by atoms with Gasteiger partial charge in [0.15, 0.2) is 0 Å². The van der Waals surface area contributed by atoms with Crippen molar-refractivity contribution in [2.24, 2.45) is 11.8 Å². The van der Waals surface area contributed by atoms with Gasteiger partial charge in [0.2, 0.25) is 11.8 Å². The first kappa shape index (κ1) is 21.9. The molecule has 3 atom stereocenters. The van der Waals surface area contributed by atoms with Gasteiger partial charge < -0.3 is 15.0 Å². The second-order valence-corrected chi connectivity index (χ2v) is 8.92. The molecule has 3 heterocycles. The first-order chi connectivity index (χ1) is 15.0. The number of hydrogen-bond acceptors (Lipinski definition) is 5. The summed E-state index contributed by atoms with van der Waals surface area (Å²) in [6.07, 6.45) is 3.17. The Morgan fingerprint density at radius 2 is 2.13 bits per heavy atom. The van der Waals surface area contributed by atoms with Gasteiger partial charge in [0.05, 0.1) is 28.1 Å². The Bertz CT molecular complexity index is 971. The van der Waals surface area contributed by atoms with Gasteiger partial charge in [-0.3, -0.25) is 4.79 Å². The highest BCUT2D eigenvalue weighted by Crippen LogP contribution is 2.38. The van der Waals surface area contributed by atoms with Crippen LogP contribution in [0.25, 0.3) is 0 Å². The number of ether oxygens (including phenoxy) is 1. The first-order valence-corrected chi connectivity index (χ1v) is 11.2. The van der Waals surface area contributed by atoms with E-state index in [0.717, 1.165) is 31.5 Å². The van der Waals surface area contributed by atoms with Crippen molar-refractivity contribution in [2.45, 2.75) is 18.8 Å². The number of nitriles is 1. The Labute approximate surface area is 192 Å². The van der Waals surface area contributed by atoms with Crippen LogP contribution in [0, 0.1) is 23.2 Å². The van der Waals surface area contributed by atoms with Crippen molar-refractivity contribution in [3.8, 4) is 11.9 Å². The van der Waals surface area contributed by atoms with Crippen molar-refractivity contribution in [1.29, 1.82) is 5.26 Å². The molecule has 8 heteroatoms. The molecule has 0 aliphatic carbocycles. The third-order valence-corrected chi connectivity index (χ3v) is 6.88. The van der Waals surface area contributed by atoms with Crippen LogP contribution in [0.3, 0.4) is 0 Å². The van der Waals surface area contributed by atoms with E-state index in [2.05, 4.69) is 10.3 Å². The van der Waals surface area contributed by atoms with E-state index in [9.17, 15) is 4.79 Å². The average molecular weight is 459 g/mol. The van der Waals surface area contributed by atoms with E-state index >= 15 is 0 Å². The Hall–Kier alpha value is -2.33. The molecule has 4 rings (SSSR count). The second kappa shape index (κ2) is 9.86. The van der Waals surface area contributed by atoms with E-state index < -0.39 is 0 Å². The van der Waals surface area contributed by atoms with Crippen LogP contribution < -0.4 is 10.1 Å². The molecule has 0 radical (unpaired) electrons. The van der Waals surface area contributed by atoms with Gasteiger partial charge in [-0.1, -0.05) is 29.3 Å². The third-order valence-electron chi connectivity index (χ3n) is 6.14. The van der Waals surface area contributed by atoms with Crippen LogP contribution >= 0.6 is 23.2 Å². The lowest BCUT2D eigenvalue weighted by molar-refractivity contribution is -0.134. The van der Waals surface area contributed by atoms with Crippen molar-refractivity contribution < 1.29 is 9.53 Å². The summed E-state index contributed by atoms with van der Waals surface area (Å²) < 4.78 is 5.81. The molecule has 31 heavy (non-hydrogen) atoms. The molecule has 2 fully saturated rings. The molecule has 162 valence electrons. The predicted molar refractivity (Wildman–Crippen MR) is 119 cm³/mol. The number of carbonyl (C=O) groups excluding carboxylic acids is 1. The molecule has 2 saturated heterocycles.